The second-order valence-electron chi connectivity index (χ2n) is 17.5. The second kappa shape index (κ2) is 39.7. The summed E-state index contributed by atoms with van der Waals surface area (Å²) in [5.74, 6) is 0.199. The Bertz CT molecular complexity index is 1040. The molecule has 0 spiro atoms. The molecule has 0 heterocycles. The summed E-state index contributed by atoms with van der Waals surface area (Å²) in [5.41, 5.74) is 4.03. The number of rotatable bonds is 40. The number of unbranched alkanes of at least 4 members (excludes halogenated alkanes) is 34. The van der Waals surface area contributed by atoms with Crippen molar-refractivity contribution in [3.05, 3.63) is 58.7 Å². The molecule has 0 N–H and O–H groups in total. The van der Waals surface area contributed by atoms with E-state index in [-0.39, 0.29) is 49.2 Å². The van der Waals surface area contributed by atoms with Crippen LogP contribution in [0.1, 0.15) is 267 Å². The summed E-state index contributed by atoms with van der Waals surface area (Å²) in [5, 5.41) is 26.2. The van der Waals surface area contributed by atoms with Gasteiger partial charge in [-0.1, -0.05) is 269 Å². The Balaban J connectivity index is 0.0000157. The van der Waals surface area contributed by atoms with E-state index in [1.54, 1.807) is 12.1 Å². The fourth-order valence-corrected chi connectivity index (χ4v) is 8.70. The maximum absolute atomic E-state index is 13.1. The third-order valence-electron chi connectivity index (χ3n) is 12.4. The third kappa shape index (κ3) is 28.7. The molecule has 0 aliphatic heterocycles. The number of benzene rings is 2. The third-order valence-corrected chi connectivity index (χ3v) is 12.4. The zero-order valence-corrected chi connectivity index (χ0v) is 39.8. The first-order chi connectivity index (χ1) is 27.2. The Hall–Kier alpha value is -0.700. The fraction of sp³-hybridized carbons (Fsp3) is 0.774. The SMILES string of the molecule is CCCCCCCCCCCCCCCCCCCCc1cccc([O-])c1Cc1c([O-])cccc1CCCCCCCCCCCCCCCCCCCC.[Ca+2]. The van der Waals surface area contributed by atoms with Crippen molar-refractivity contribution < 1.29 is 10.2 Å². The van der Waals surface area contributed by atoms with Crippen molar-refractivity contribution in [2.24, 2.45) is 0 Å². The van der Waals surface area contributed by atoms with Gasteiger partial charge in [0.2, 0.25) is 0 Å². The standard InChI is InChI=1S/C53H92O2.Ca/c1-3-5-7-9-11-13-15-17-19-21-23-25-27-29-31-33-35-37-41-48-43-39-45-52(54)50(48)47-51-49(44-40-46-53(51)55)42-38-36-34-32-30-28-26-24-22-20-18-16-14-12-10-8-6-4-2;/h39-40,43-46,54-55H,3-38,41-42,47H2,1-2H3;/q;+2/p-2. The average Bonchev–Trinajstić information content (AvgIpc) is 3.19. The van der Waals surface area contributed by atoms with E-state index in [1.165, 1.54) is 218 Å². The van der Waals surface area contributed by atoms with Crippen LogP contribution in [0, 0.1) is 0 Å². The van der Waals surface area contributed by atoms with Crippen molar-refractivity contribution in [2.75, 3.05) is 0 Å². The summed E-state index contributed by atoms with van der Waals surface area (Å²) in [4.78, 5) is 0. The van der Waals surface area contributed by atoms with Crippen LogP contribution in [0.3, 0.4) is 0 Å². The molecule has 0 unspecified atom stereocenters. The van der Waals surface area contributed by atoms with Gasteiger partial charge in [-0.25, -0.2) is 0 Å². The fourth-order valence-electron chi connectivity index (χ4n) is 8.70. The van der Waals surface area contributed by atoms with Crippen molar-refractivity contribution in [1.29, 1.82) is 0 Å². The molecule has 2 aromatic rings. The maximum Gasteiger partial charge on any atom is 2.00 e. The Kier molecular flexibility index (Phi) is 37.8. The molecule has 0 bridgehead atoms. The van der Waals surface area contributed by atoms with Gasteiger partial charge in [0.15, 0.2) is 0 Å². The smallest absolute Gasteiger partial charge is 0.872 e. The molecule has 56 heavy (non-hydrogen) atoms. The van der Waals surface area contributed by atoms with Crippen molar-refractivity contribution in [2.45, 2.75) is 264 Å². The summed E-state index contributed by atoms with van der Waals surface area (Å²) in [6.45, 7) is 4.59. The molecule has 2 rings (SSSR count). The van der Waals surface area contributed by atoms with Crippen LogP contribution < -0.4 is 10.2 Å². The summed E-state index contributed by atoms with van der Waals surface area (Å²) >= 11 is 0. The average molecular weight is 799 g/mol. The van der Waals surface area contributed by atoms with Crippen molar-refractivity contribution in [1.82, 2.24) is 0 Å². The molecule has 2 aromatic carbocycles. The van der Waals surface area contributed by atoms with Crippen LogP contribution in [0.5, 0.6) is 11.5 Å². The van der Waals surface area contributed by atoms with Crippen LogP contribution in [-0.2, 0) is 19.3 Å². The first-order valence-electron chi connectivity index (χ1n) is 24.7. The summed E-state index contributed by atoms with van der Waals surface area (Å²) in [6, 6.07) is 11.5. The van der Waals surface area contributed by atoms with Crippen LogP contribution in [0.2, 0.25) is 0 Å². The van der Waals surface area contributed by atoms with Gasteiger partial charge in [-0.2, -0.15) is 0 Å². The Morgan fingerprint density at radius 1 is 0.304 bits per heavy atom. The summed E-state index contributed by atoms with van der Waals surface area (Å²) < 4.78 is 0. The predicted octanol–water partition coefficient (Wildman–Crippen LogP) is 16.2. The van der Waals surface area contributed by atoms with E-state index in [4.69, 9.17) is 0 Å². The molecular weight excluding hydrogens is 709 g/mol. The molecular formula is C53H90CaO2. The zero-order valence-electron chi connectivity index (χ0n) is 37.6. The van der Waals surface area contributed by atoms with Gasteiger partial charge in [-0.05, 0) is 54.4 Å². The van der Waals surface area contributed by atoms with Gasteiger partial charge in [-0.3, -0.25) is 0 Å². The second-order valence-corrected chi connectivity index (χ2v) is 17.5. The molecule has 0 aliphatic rings. The van der Waals surface area contributed by atoms with E-state index in [0.29, 0.717) is 6.42 Å². The van der Waals surface area contributed by atoms with E-state index in [9.17, 15) is 10.2 Å². The maximum atomic E-state index is 13.1. The van der Waals surface area contributed by atoms with Gasteiger partial charge in [0.25, 0.3) is 0 Å². The minimum atomic E-state index is 0. The zero-order chi connectivity index (χ0) is 39.3. The van der Waals surface area contributed by atoms with Crippen molar-refractivity contribution in [3.63, 3.8) is 0 Å². The van der Waals surface area contributed by atoms with E-state index in [1.807, 2.05) is 12.1 Å². The molecule has 2 nitrogen and oxygen atoms in total. The number of aryl methyl sites for hydroxylation is 2. The molecule has 0 fully saturated rings. The quantitative estimate of drug-likeness (QED) is 0.0498. The molecule has 0 saturated heterocycles. The van der Waals surface area contributed by atoms with Gasteiger partial charge < -0.3 is 10.2 Å². The molecule has 0 aliphatic carbocycles. The summed E-state index contributed by atoms with van der Waals surface area (Å²) in [6.07, 6.45) is 52.0. The van der Waals surface area contributed by atoms with Crippen LogP contribution in [0.4, 0.5) is 0 Å². The number of hydrogen-bond acceptors (Lipinski definition) is 2. The van der Waals surface area contributed by atoms with E-state index in [0.717, 1.165) is 47.9 Å². The molecule has 0 amide bonds. The molecule has 3 heteroatoms. The van der Waals surface area contributed by atoms with Gasteiger partial charge in [0.05, 0.1) is 0 Å². The van der Waals surface area contributed by atoms with Gasteiger partial charge in [0.1, 0.15) is 0 Å². The van der Waals surface area contributed by atoms with Crippen LogP contribution in [-0.4, -0.2) is 37.7 Å². The van der Waals surface area contributed by atoms with E-state index < -0.39 is 0 Å². The van der Waals surface area contributed by atoms with Crippen LogP contribution >= 0.6 is 0 Å². The van der Waals surface area contributed by atoms with E-state index >= 15 is 0 Å². The molecule has 0 saturated carbocycles. The Morgan fingerprint density at radius 3 is 0.750 bits per heavy atom. The Morgan fingerprint density at radius 2 is 0.518 bits per heavy atom. The van der Waals surface area contributed by atoms with Crippen LogP contribution in [0.15, 0.2) is 36.4 Å². The molecule has 0 radical (unpaired) electrons. The monoisotopic (exact) mass is 799 g/mol. The van der Waals surface area contributed by atoms with E-state index in [2.05, 4.69) is 26.0 Å². The molecule has 0 atom stereocenters. The minimum absolute atomic E-state index is 0. The number of hydrogen-bond donors (Lipinski definition) is 0. The normalized spacial score (nSPS) is 11.3. The van der Waals surface area contributed by atoms with Gasteiger partial charge in [-0.15, -0.1) is 11.5 Å². The topological polar surface area (TPSA) is 46.1 Å². The molecule has 316 valence electrons. The predicted molar refractivity (Wildman–Crippen MR) is 245 cm³/mol. The molecule has 0 aromatic heterocycles. The summed E-state index contributed by atoms with van der Waals surface area (Å²) in [7, 11) is 0. The largest absolute Gasteiger partial charge is 2.00 e. The first-order valence-corrected chi connectivity index (χ1v) is 24.7. The van der Waals surface area contributed by atoms with Crippen molar-refractivity contribution in [3.8, 4) is 11.5 Å². The van der Waals surface area contributed by atoms with Crippen molar-refractivity contribution >= 4 is 37.7 Å². The van der Waals surface area contributed by atoms with Gasteiger partial charge in [0, 0.05) is 0 Å². The first kappa shape index (κ1) is 53.3. The minimum Gasteiger partial charge on any atom is -0.872 e. The van der Waals surface area contributed by atoms with Gasteiger partial charge >= 0.3 is 37.7 Å². The van der Waals surface area contributed by atoms with Crippen LogP contribution in [0.25, 0.3) is 0 Å². The Labute approximate surface area is 379 Å².